The SMILES string of the molecule is CC(C)CCC[C@@H](C)[C@H]1CC[C@H]2[C@@H]3CC=C4C[C@@H](OCCCNC(=O)CCC(=O)N[C@@H](CC(C)N)C(=O)NCC(=O)Nc5ccc(CO)cc5)CC[C@]4(C)[C@H]3CC[C@]12C. The molecule has 330 valence electrons. The molecule has 0 radical (unpaired) electrons. The normalized spacial score (nSPS) is 28.9. The molecule has 0 aliphatic heterocycles. The van der Waals surface area contributed by atoms with Crippen molar-refractivity contribution in [3.63, 3.8) is 0 Å². The third kappa shape index (κ3) is 12.4. The molecule has 3 saturated carbocycles. The fourth-order valence-electron chi connectivity index (χ4n) is 11.7. The van der Waals surface area contributed by atoms with Crippen LogP contribution in [0.3, 0.4) is 0 Å². The van der Waals surface area contributed by atoms with Gasteiger partial charge in [-0.15, -0.1) is 0 Å². The Morgan fingerprint density at radius 2 is 1.63 bits per heavy atom. The molecular weight excluding hydrogens is 743 g/mol. The number of carbonyl (C=O) groups is 4. The summed E-state index contributed by atoms with van der Waals surface area (Å²) in [5.41, 5.74) is 9.61. The highest BCUT2D eigenvalue weighted by molar-refractivity contribution is 5.96. The second-order valence-corrected chi connectivity index (χ2v) is 19.7. The number of anilines is 1. The number of allylic oxidation sites excluding steroid dienone is 1. The first kappa shape index (κ1) is 46.8. The van der Waals surface area contributed by atoms with Gasteiger partial charge in [0.15, 0.2) is 0 Å². The number of aliphatic hydroxyl groups excluding tert-OH is 1. The molecule has 7 N–H and O–H groups in total. The van der Waals surface area contributed by atoms with Crippen LogP contribution in [0.5, 0.6) is 0 Å². The van der Waals surface area contributed by atoms with Gasteiger partial charge in [0.1, 0.15) is 6.04 Å². The average Bonchev–Trinajstić information content (AvgIpc) is 3.56. The first-order chi connectivity index (χ1) is 28.1. The van der Waals surface area contributed by atoms with Crippen LogP contribution in [0.15, 0.2) is 35.9 Å². The lowest BCUT2D eigenvalue weighted by molar-refractivity contribution is -0.131. The number of rotatable bonds is 21. The highest BCUT2D eigenvalue weighted by Crippen LogP contribution is 2.67. The number of hydrogen-bond donors (Lipinski definition) is 6. The molecule has 10 atom stereocenters. The van der Waals surface area contributed by atoms with Crippen LogP contribution >= 0.6 is 0 Å². The lowest BCUT2D eigenvalue weighted by Gasteiger charge is -2.58. The van der Waals surface area contributed by atoms with Crippen LogP contribution < -0.4 is 27.0 Å². The first-order valence-corrected chi connectivity index (χ1v) is 23.0. The zero-order chi connectivity index (χ0) is 42.7. The highest BCUT2D eigenvalue weighted by atomic mass is 16.5. The van der Waals surface area contributed by atoms with Crippen molar-refractivity contribution in [2.24, 2.45) is 52.1 Å². The number of nitrogens with one attached hydrogen (secondary N) is 4. The number of hydrogen-bond acceptors (Lipinski definition) is 7. The lowest BCUT2D eigenvalue weighted by atomic mass is 9.47. The van der Waals surface area contributed by atoms with Crippen molar-refractivity contribution in [1.82, 2.24) is 16.0 Å². The topological polar surface area (TPSA) is 172 Å². The molecule has 1 aromatic carbocycles. The Hall–Kier alpha value is -3.28. The lowest BCUT2D eigenvalue weighted by Crippen LogP contribution is -2.51. The van der Waals surface area contributed by atoms with E-state index in [0.29, 0.717) is 41.7 Å². The van der Waals surface area contributed by atoms with E-state index in [1.165, 1.54) is 57.8 Å². The molecule has 4 aliphatic carbocycles. The molecule has 11 heteroatoms. The van der Waals surface area contributed by atoms with Crippen LogP contribution in [-0.2, 0) is 30.5 Å². The maximum atomic E-state index is 12.9. The third-order valence-corrected chi connectivity index (χ3v) is 14.9. The highest BCUT2D eigenvalue weighted by Gasteiger charge is 2.59. The van der Waals surface area contributed by atoms with Gasteiger partial charge in [-0.05, 0) is 135 Å². The van der Waals surface area contributed by atoms with Crippen LogP contribution in [0.4, 0.5) is 5.69 Å². The predicted molar refractivity (Wildman–Crippen MR) is 234 cm³/mol. The zero-order valence-electron chi connectivity index (χ0n) is 37.1. The van der Waals surface area contributed by atoms with Crippen molar-refractivity contribution in [2.45, 2.75) is 163 Å². The Morgan fingerprint density at radius 1 is 0.881 bits per heavy atom. The molecule has 5 rings (SSSR count). The summed E-state index contributed by atoms with van der Waals surface area (Å²) in [7, 11) is 0. The molecule has 1 aromatic rings. The van der Waals surface area contributed by atoms with Crippen molar-refractivity contribution in [2.75, 3.05) is 25.0 Å². The Bertz CT molecular complexity index is 1600. The number of ether oxygens (including phenoxy) is 1. The number of carbonyl (C=O) groups excluding carboxylic acids is 4. The Morgan fingerprint density at radius 3 is 2.34 bits per heavy atom. The molecule has 4 amide bonds. The van der Waals surface area contributed by atoms with E-state index in [9.17, 15) is 24.3 Å². The van der Waals surface area contributed by atoms with E-state index in [-0.39, 0.29) is 50.5 Å². The number of benzene rings is 1. The van der Waals surface area contributed by atoms with E-state index < -0.39 is 23.8 Å². The molecule has 0 bridgehead atoms. The molecule has 59 heavy (non-hydrogen) atoms. The van der Waals surface area contributed by atoms with Crippen LogP contribution in [0.25, 0.3) is 0 Å². The summed E-state index contributed by atoms with van der Waals surface area (Å²) in [4.78, 5) is 50.6. The predicted octanol–water partition coefficient (Wildman–Crippen LogP) is 7.17. The average molecular weight is 820 g/mol. The van der Waals surface area contributed by atoms with E-state index in [1.54, 1.807) is 36.8 Å². The zero-order valence-corrected chi connectivity index (χ0v) is 37.1. The van der Waals surface area contributed by atoms with Crippen LogP contribution in [-0.4, -0.2) is 66.6 Å². The standard InChI is InChI=1S/C48H77N5O6/c1-31(2)9-7-10-32(3)39-17-18-40-38-16-13-35-28-37(21-23-47(35,5)41(38)22-24-48(39,40)6)59-26-8-25-50-43(55)19-20-44(56)53-42(27-33(4)49)46(58)51-29-45(57)52-36-14-11-34(30-54)12-15-36/h11-15,31-33,37-42,54H,7-10,16-30,49H2,1-6H3,(H,50,55)(H,51,58)(H,52,57)(H,53,56)/t32-,33?,37+,38+,39-,40+,41+,42+,47+,48-/m1/s1. The smallest absolute Gasteiger partial charge is 0.243 e. The van der Waals surface area contributed by atoms with Gasteiger partial charge < -0.3 is 36.8 Å². The fraction of sp³-hybridized carbons (Fsp3) is 0.750. The summed E-state index contributed by atoms with van der Waals surface area (Å²) in [6.07, 6.45) is 17.9. The van der Waals surface area contributed by atoms with E-state index in [4.69, 9.17) is 10.5 Å². The Kier molecular flexibility index (Phi) is 17.0. The van der Waals surface area contributed by atoms with Gasteiger partial charge in [0.25, 0.3) is 0 Å². The van der Waals surface area contributed by atoms with Gasteiger partial charge in [0.2, 0.25) is 23.6 Å². The van der Waals surface area contributed by atoms with Crippen LogP contribution in [0.2, 0.25) is 0 Å². The Balaban J connectivity index is 0.977. The minimum absolute atomic E-state index is 0.00774. The van der Waals surface area contributed by atoms with E-state index >= 15 is 0 Å². The number of fused-ring (bicyclic) bond motifs is 5. The fourth-order valence-corrected chi connectivity index (χ4v) is 11.7. The Labute approximate surface area is 354 Å². The summed E-state index contributed by atoms with van der Waals surface area (Å²) in [6.45, 7) is 14.9. The van der Waals surface area contributed by atoms with Gasteiger partial charge in [-0.1, -0.05) is 77.7 Å². The molecule has 1 unspecified atom stereocenters. The molecule has 0 saturated heterocycles. The van der Waals surface area contributed by atoms with Crippen molar-refractivity contribution in [3.05, 3.63) is 41.5 Å². The summed E-state index contributed by atoms with van der Waals surface area (Å²) in [6, 6.07) is 5.36. The monoisotopic (exact) mass is 820 g/mol. The molecular formula is C48H77N5O6. The van der Waals surface area contributed by atoms with Crippen molar-refractivity contribution in [3.8, 4) is 0 Å². The minimum atomic E-state index is -0.945. The van der Waals surface area contributed by atoms with Crippen molar-refractivity contribution < 1.29 is 29.0 Å². The number of amides is 4. The maximum absolute atomic E-state index is 12.9. The molecule has 11 nitrogen and oxygen atoms in total. The van der Waals surface area contributed by atoms with Gasteiger partial charge in [-0.3, -0.25) is 19.2 Å². The second kappa shape index (κ2) is 21.5. The van der Waals surface area contributed by atoms with E-state index in [1.807, 2.05) is 0 Å². The van der Waals surface area contributed by atoms with Gasteiger partial charge in [0.05, 0.1) is 19.3 Å². The van der Waals surface area contributed by atoms with Crippen molar-refractivity contribution >= 4 is 29.3 Å². The van der Waals surface area contributed by atoms with Gasteiger partial charge >= 0.3 is 0 Å². The third-order valence-electron chi connectivity index (χ3n) is 14.9. The van der Waals surface area contributed by atoms with E-state index in [2.05, 4.69) is 62.0 Å². The number of aliphatic hydroxyl groups is 1. The van der Waals surface area contributed by atoms with Gasteiger partial charge in [-0.25, -0.2) is 0 Å². The van der Waals surface area contributed by atoms with Crippen LogP contribution in [0, 0.1) is 46.3 Å². The maximum Gasteiger partial charge on any atom is 0.243 e. The van der Waals surface area contributed by atoms with Gasteiger partial charge in [0, 0.05) is 37.7 Å². The van der Waals surface area contributed by atoms with Gasteiger partial charge in [-0.2, -0.15) is 0 Å². The molecule has 0 aromatic heterocycles. The first-order valence-electron chi connectivity index (χ1n) is 23.0. The summed E-state index contributed by atoms with van der Waals surface area (Å²) in [5, 5.41) is 20.0. The van der Waals surface area contributed by atoms with Crippen molar-refractivity contribution in [1.29, 1.82) is 0 Å². The quantitative estimate of drug-likeness (QED) is 0.0564. The molecule has 3 fully saturated rings. The summed E-state index contributed by atoms with van der Waals surface area (Å²) in [5.74, 6) is 3.36. The molecule has 0 spiro atoms. The largest absolute Gasteiger partial charge is 0.392 e. The molecule has 0 heterocycles. The summed E-state index contributed by atoms with van der Waals surface area (Å²) >= 11 is 0. The molecule has 4 aliphatic rings. The minimum Gasteiger partial charge on any atom is -0.392 e. The van der Waals surface area contributed by atoms with Crippen LogP contribution in [0.1, 0.15) is 143 Å². The number of nitrogens with two attached hydrogens (primary N) is 1. The second-order valence-electron chi connectivity index (χ2n) is 19.7. The summed E-state index contributed by atoms with van der Waals surface area (Å²) < 4.78 is 6.40. The van der Waals surface area contributed by atoms with E-state index in [0.717, 1.165) is 48.3 Å².